The number of hydrogen-bond acceptors (Lipinski definition) is 2. The molecule has 2 aromatic carbocycles. The fraction of sp³-hybridized carbons (Fsp3) is 0.143. The Morgan fingerprint density at radius 3 is 2.39 bits per heavy atom. The zero-order valence-electron chi connectivity index (χ0n) is 9.80. The zero-order chi connectivity index (χ0) is 13.0. The van der Waals surface area contributed by atoms with Crippen LogP contribution in [0.3, 0.4) is 0 Å². The first-order chi connectivity index (χ1) is 8.66. The number of hydrogen-bond donors (Lipinski definition) is 1. The van der Waals surface area contributed by atoms with Crippen LogP contribution in [0.5, 0.6) is 0 Å². The van der Waals surface area contributed by atoms with Crippen molar-refractivity contribution in [2.75, 3.05) is 11.5 Å². The summed E-state index contributed by atoms with van der Waals surface area (Å²) < 4.78 is 24.7. The monoisotopic (exact) mass is 263 g/mol. The second-order valence-corrected chi connectivity index (χ2v) is 5.52. The molecule has 0 aliphatic carbocycles. The van der Waals surface area contributed by atoms with Crippen molar-refractivity contribution in [3.63, 3.8) is 0 Å². The van der Waals surface area contributed by atoms with E-state index in [0.29, 0.717) is 22.8 Å². The van der Waals surface area contributed by atoms with Gasteiger partial charge in [-0.2, -0.15) is 0 Å². The van der Waals surface area contributed by atoms with Crippen LogP contribution in [0.25, 0.3) is 0 Å². The van der Waals surface area contributed by atoms with Crippen LogP contribution < -0.4 is 5.73 Å². The van der Waals surface area contributed by atoms with Gasteiger partial charge in [-0.25, -0.2) is 4.39 Å². The maximum absolute atomic E-state index is 12.7. The van der Waals surface area contributed by atoms with E-state index in [1.165, 1.54) is 12.1 Å². The third-order valence-electron chi connectivity index (χ3n) is 2.69. The lowest BCUT2D eigenvalue weighted by molar-refractivity contribution is 0.626. The Kier molecular flexibility index (Phi) is 4.10. The lowest BCUT2D eigenvalue weighted by Gasteiger charge is -2.05. The molecule has 1 atom stereocenters. The standard InChI is InChI=1S/C14H14FNOS/c15-12-5-7-13(8-6-12)18(17)10-9-11-3-1-2-4-14(11)16/h1-8H,9-10,16H2. The highest BCUT2D eigenvalue weighted by atomic mass is 32.2. The van der Waals surface area contributed by atoms with Crippen molar-refractivity contribution < 1.29 is 8.60 Å². The van der Waals surface area contributed by atoms with Crippen molar-refractivity contribution in [2.24, 2.45) is 0 Å². The van der Waals surface area contributed by atoms with Crippen LogP contribution in [0.2, 0.25) is 0 Å². The summed E-state index contributed by atoms with van der Waals surface area (Å²) >= 11 is 0. The summed E-state index contributed by atoms with van der Waals surface area (Å²) in [7, 11) is -1.12. The SMILES string of the molecule is Nc1ccccc1CCS(=O)c1ccc(F)cc1. The topological polar surface area (TPSA) is 43.1 Å². The molecule has 0 spiro atoms. The number of rotatable bonds is 4. The molecule has 0 aromatic heterocycles. The van der Waals surface area contributed by atoms with E-state index in [-0.39, 0.29) is 5.82 Å². The van der Waals surface area contributed by atoms with E-state index in [9.17, 15) is 8.60 Å². The molecule has 94 valence electrons. The molecule has 2 N–H and O–H groups in total. The summed E-state index contributed by atoms with van der Waals surface area (Å²) in [5, 5.41) is 0. The van der Waals surface area contributed by atoms with Crippen molar-refractivity contribution in [2.45, 2.75) is 11.3 Å². The molecule has 0 amide bonds. The van der Waals surface area contributed by atoms with Crippen LogP contribution >= 0.6 is 0 Å². The molecule has 2 aromatic rings. The van der Waals surface area contributed by atoms with E-state index in [0.717, 1.165) is 5.56 Å². The first kappa shape index (κ1) is 12.8. The molecule has 0 radical (unpaired) electrons. The Hall–Kier alpha value is -1.68. The molecule has 0 aliphatic rings. The van der Waals surface area contributed by atoms with Gasteiger partial charge in [0.1, 0.15) is 5.82 Å². The van der Waals surface area contributed by atoms with Gasteiger partial charge in [-0.05, 0) is 42.3 Å². The molecule has 0 aliphatic heterocycles. The summed E-state index contributed by atoms with van der Waals surface area (Å²) in [5.74, 6) is 0.169. The average molecular weight is 263 g/mol. The molecule has 2 nitrogen and oxygen atoms in total. The summed E-state index contributed by atoms with van der Waals surface area (Å²) in [6.07, 6.45) is 0.649. The number of nitrogen functional groups attached to an aromatic ring is 1. The molecule has 1 unspecified atom stereocenters. The van der Waals surface area contributed by atoms with Crippen LogP contribution in [-0.2, 0) is 17.2 Å². The van der Waals surface area contributed by atoms with Gasteiger partial charge in [0.25, 0.3) is 0 Å². The van der Waals surface area contributed by atoms with E-state index >= 15 is 0 Å². The van der Waals surface area contributed by atoms with Gasteiger partial charge in [0, 0.05) is 16.3 Å². The highest BCUT2D eigenvalue weighted by Crippen LogP contribution is 2.14. The quantitative estimate of drug-likeness (QED) is 0.862. The predicted molar refractivity (Wildman–Crippen MR) is 72.2 cm³/mol. The fourth-order valence-corrected chi connectivity index (χ4v) is 2.75. The molecule has 0 fully saturated rings. The van der Waals surface area contributed by atoms with Crippen LogP contribution in [0.15, 0.2) is 53.4 Å². The lowest BCUT2D eigenvalue weighted by atomic mass is 10.1. The van der Waals surface area contributed by atoms with Crippen molar-refractivity contribution >= 4 is 16.5 Å². The molecular formula is C14H14FNOS. The molecule has 18 heavy (non-hydrogen) atoms. The average Bonchev–Trinajstić information content (AvgIpc) is 2.38. The largest absolute Gasteiger partial charge is 0.399 e. The smallest absolute Gasteiger partial charge is 0.123 e. The third kappa shape index (κ3) is 3.17. The van der Waals surface area contributed by atoms with E-state index in [1.54, 1.807) is 12.1 Å². The third-order valence-corrected chi connectivity index (χ3v) is 4.06. The molecule has 0 heterocycles. The Labute approximate surface area is 108 Å². The maximum atomic E-state index is 12.7. The Morgan fingerprint density at radius 2 is 1.72 bits per heavy atom. The number of anilines is 1. The highest BCUT2D eigenvalue weighted by Gasteiger charge is 2.05. The highest BCUT2D eigenvalue weighted by molar-refractivity contribution is 7.85. The maximum Gasteiger partial charge on any atom is 0.123 e. The molecule has 0 bridgehead atoms. The van der Waals surface area contributed by atoms with Gasteiger partial charge in [-0.3, -0.25) is 4.21 Å². The second-order valence-electron chi connectivity index (χ2n) is 3.95. The Morgan fingerprint density at radius 1 is 1.06 bits per heavy atom. The van der Waals surface area contributed by atoms with Crippen LogP contribution in [-0.4, -0.2) is 9.96 Å². The number of aryl methyl sites for hydroxylation is 1. The summed E-state index contributed by atoms with van der Waals surface area (Å²) in [5.41, 5.74) is 7.53. The van der Waals surface area contributed by atoms with Gasteiger partial charge >= 0.3 is 0 Å². The van der Waals surface area contributed by atoms with Crippen LogP contribution in [0, 0.1) is 5.82 Å². The van der Waals surface area contributed by atoms with Crippen molar-refractivity contribution in [3.05, 3.63) is 59.9 Å². The van der Waals surface area contributed by atoms with Gasteiger partial charge in [-0.15, -0.1) is 0 Å². The normalized spacial score (nSPS) is 12.3. The first-order valence-corrected chi connectivity index (χ1v) is 6.96. The number of benzene rings is 2. The van der Waals surface area contributed by atoms with Crippen molar-refractivity contribution in [1.29, 1.82) is 0 Å². The van der Waals surface area contributed by atoms with Gasteiger partial charge in [0.2, 0.25) is 0 Å². The van der Waals surface area contributed by atoms with E-state index in [2.05, 4.69) is 0 Å². The summed E-state index contributed by atoms with van der Waals surface area (Å²) in [4.78, 5) is 0.644. The summed E-state index contributed by atoms with van der Waals surface area (Å²) in [6, 6.07) is 13.3. The summed E-state index contributed by atoms with van der Waals surface area (Å²) in [6.45, 7) is 0. The molecular weight excluding hydrogens is 249 g/mol. The van der Waals surface area contributed by atoms with Gasteiger partial charge in [0.05, 0.1) is 10.8 Å². The zero-order valence-corrected chi connectivity index (χ0v) is 10.6. The minimum atomic E-state index is -1.12. The predicted octanol–water partition coefficient (Wildman–Crippen LogP) is 2.76. The number of halogens is 1. The molecule has 0 saturated heterocycles. The van der Waals surface area contributed by atoms with Crippen molar-refractivity contribution in [3.8, 4) is 0 Å². The number of para-hydroxylation sites is 1. The first-order valence-electron chi connectivity index (χ1n) is 5.64. The minimum Gasteiger partial charge on any atom is -0.399 e. The van der Waals surface area contributed by atoms with Gasteiger partial charge in [-0.1, -0.05) is 18.2 Å². The number of nitrogens with two attached hydrogens (primary N) is 1. The molecule has 2 rings (SSSR count). The second kappa shape index (κ2) is 5.78. The Bertz CT molecular complexity index is 554. The minimum absolute atomic E-state index is 0.317. The fourth-order valence-electron chi connectivity index (χ4n) is 1.67. The van der Waals surface area contributed by atoms with Crippen molar-refractivity contribution in [1.82, 2.24) is 0 Å². The van der Waals surface area contributed by atoms with Crippen LogP contribution in [0.4, 0.5) is 10.1 Å². The lowest BCUT2D eigenvalue weighted by Crippen LogP contribution is -2.03. The molecule has 0 saturated carbocycles. The van der Waals surface area contributed by atoms with Gasteiger partial charge < -0.3 is 5.73 Å². The van der Waals surface area contributed by atoms with E-state index in [4.69, 9.17) is 5.73 Å². The van der Waals surface area contributed by atoms with Crippen LogP contribution in [0.1, 0.15) is 5.56 Å². The molecule has 4 heteroatoms. The van der Waals surface area contributed by atoms with Gasteiger partial charge in [0.15, 0.2) is 0 Å². The van der Waals surface area contributed by atoms with E-state index < -0.39 is 10.8 Å². The Balaban J connectivity index is 2.01. The van der Waals surface area contributed by atoms with E-state index in [1.807, 2.05) is 24.3 Å².